The average molecular weight is 654 g/mol. The van der Waals surface area contributed by atoms with Crippen molar-refractivity contribution in [2.75, 3.05) is 72.4 Å². The number of phenols is 1. The standard InChI is InChI=1S/C36H47N9O3/c1-3-48-34(47)25-8-10-36(11-9-25)17-26(18-36)44-14-12-42(22-24(44)2)27-19-38-35(39-20-27)43-13-15-45-28(23-43)21-37-33-31(45)16-30(40-41-33)29-6-4-5-7-32(29)46/h4-7,16,19-20,24-26,28,46H,3,8-15,17-18,21-23H2,1-2H3,(H,37,41)/t24-,25?,26?,28+,36?/m1/s1. The monoisotopic (exact) mass is 653 g/mol. The zero-order valence-electron chi connectivity index (χ0n) is 28.1. The summed E-state index contributed by atoms with van der Waals surface area (Å²) in [6, 6.07) is 10.6. The average Bonchev–Trinajstić information content (AvgIpc) is 3.10. The van der Waals surface area contributed by atoms with Crippen LogP contribution in [0.4, 0.5) is 23.1 Å². The fourth-order valence-corrected chi connectivity index (χ4v) is 8.99. The molecule has 2 saturated carbocycles. The lowest BCUT2D eigenvalue weighted by molar-refractivity contribution is -0.151. The van der Waals surface area contributed by atoms with Gasteiger partial charge < -0.3 is 29.9 Å². The summed E-state index contributed by atoms with van der Waals surface area (Å²) in [5, 5.41) is 22.6. The molecule has 1 aromatic carbocycles. The number of esters is 1. The quantitative estimate of drug-likeness (QED) is 0.371. The first-order valence-corrected chi connectivity index (χ1v) is 17.8. The number of carbonyl (C=O) groups excluding carboxylic acids is 1. The Balaban J connectivity index is 0.846. The van der Waals surface area contributed by atoms with Crippen molar-refractivity contribution in [2.24, 2.45) is 11.3 Å². The van der Waals surface area contributed by atoms with E-state index in [2.05, 4.69) is 42.0 Å². The van der Waals surface area contributed by atoms with Crippen molar-refractivity contribution >= 4 is 29.1 Å². The third-order valence-electron chi connectivity index (χ3n) is 11.7. The number of aromatic hydroxyl groups is 1. The van der Waals surface area contributed by atoms with Crippen molar-refractivity contribution in [3.05, 3.63) is 42.7 Å². The molecule has 0 unspecified atom stereocenters. The van der Waals surface area contributed by atoms with Crippen LogP contribution in [0.2, 0.25) is 0 Å². The number of hydrogen-bond donors (Lipinski definition) is 2. The van der Waals surface area contributed by atoms with E-state index in [9.17, 15) is 9.90 Å². The first-order chi connectivity index (χ1) is 23.4. The van der Waals surface area contributed by atoms with Crippen molar-refractivity contribution in [1.29, 1.82) is 0 Å². The van der Waals surface area contributed by atoms with Crippen LogP contribution in [0, 0.1) is 11.3 Å². The van der Waals surface area contributed by atoms with Crippen molar-refractivity contribution in [1.82, 2.24) is 25.1 Å². The maximum absolute atomic E-state index is 12.2. The van der Waals surface area contributed by atoms with Crippen LogP contribution in [-0.2, 0) is 9.53 Å². The van der Waals surface area contributed by atoms with Gasteiger partial charge in [0.25, 0.3) is 0 Å². The van der Waals surface area contributed by atoms with Crippen LogP contribution in [0.15, 0.2) is 42.7 Å². The van der Waals surface area contributed by atoms with Gasteiger partial charge in [-0.05, 0) is 76.0 Å². The Kier molecular flexibility index (Phi) is 8.22. The van der Waals surface area contributed by atoms with Crippen molar-refractivity contribution in [3.8, 4) is 17.0 Å². The molecule has 0 bridgehead atoms. The number of rotatable bonds is 6. The Labute approximate surface area is 282 Å². The number of hydrogen-bond acceptors (Lipinski definition) is 12. The van der Waals surface area contributed by atoms with E-state index in [1.165, 1.54) is 25.7 Å². The zero-order valence-corrected chi connectivity index (χ0v) is 28.1. The maximum atomic E-state index is 12.2. The molecule has 2 atom stereocenters. The van der Waals surface area contributed by atoms with Gasteiger partial charge in [-0.3, -0.25) is 9.69 Å². The smallest absolute Gasteiger partial charge is 0.308 e. The van der Waals surface area contributed by atoms with Gasteiger partial charge in [-0.25, -0.2) is 9.97 Å². The second-order valence-corrected chi connectivity index (χ2v) is 14.5. The number of benzene rings is 1. The van der Waals surface area contributed by atoms with Crippen molar-refractivity contribution in [2.45, 2.75) is 70.5 Å². The van der Waals surface area contributed by atoms with Gasteiger partial charge in [-0.15, -0.1) is 10.2 Å². The number of ether oxygens (including phenoxy) is 1. The molecule has 2 N–H and O–H groups in total. The molecule has 12 nitrogen and oxygen atoms in total. The highest BCUT2D eigenvalue weighted by Crippen LogP contribution is 2.55. The molecule has 3 aliphatic heterocycles. The van der Waals surface area contributed by atoms with E-state index in [4.69, 9.17) is 14.7 Å². The molecule has 48 heavy (non-hydrogen) atoms. The molecule has 2 aromatic heterocycles. The van der Waals surface area contributed by atoms with E-state index in [0.717, 1.165) is 81.8 Å². The number of fused-ring (bicyclic) bond motifs is 3. The Hall–Kier alpha value is -4.19. The Bertz CT molecular complexity index is 1620. The first-order valence-electron chi connectivity index (χ1n) is 17.8. The molecule has 0 amide bonds. The van der Waals surface area contributed by atoms with Crippen molar-refractivity contribution in [3.63, 3.8) is 0 Å². The summed E-state index contributed by atoms with van der Waals surface area (Å²) < 4.78 is 5.29. The van der Waals surface area contributed by atoms with Gasteiger partial charge in [-0.1, -0.05) is 12.1 Å². The summed E-state index contributed by atoms with van der Waals surface area (Å²) in [6.07, 6.45) is 10.8. The molecular weight excluding hydrogens is 606 g/mol. The lowest BCUT2D eigenvalue weighted by Crippen LogP contribution is -2.61. The molecule has 8 rings (SSSR count). The van der Waals surface area contributed by atoms with Crippen LogP contribution < -0.4 is 20.0 Å². The van der Waals surface area contributed by atoms with E-state index < -0.39 is 0 Å². The van der Waals surface area contributed by atoms with Crippen LogP contribution in [0.25, 0.3) is 11.3 Å². The largest absolute Gasteiger partial charge is 0.507 e. The molecular formula is C36H47N9O3. The van der Waals surface area contributed by atoms with Gasteiger partial charge in [0, 0.05) is 63.5 Å². The van der Waals surface area contributed by atoms with Gasteiger partial charge in [0.1, 0.15) is 5.75 Å². The molecule has 1 spiro atoms. The fourth-order valence-electron chi connectivity index (χ4n) is 8.99. The lowest BCUT2D eigenvalue weighted by atomic mass is 9.56. The molecule has 2 saturated heterocycles. The van der Waals surface area contributed by atoms with E-state index in [0.29, 0.717) is 35.4 Å². The van der Waals surface area contributed by atoms with E-state index in [1.54, 1.807) is 6.07 Å². The van der Waals surface area contributed by atoms with Crippen LogP contribution in [-0.4, -0.2) is 107 Å². The van der Waals surface area contributed by atoms with Gasteiger partial charge in [-0.2, -0.15) is 0 Å². The molecule has 3 aromatic rings. The molecule has 5 heterocycles. The van der Waals surface area contributed by atoms with Crippen molar-refractivity contribution < 1.29 is 14.6 Å². The van der Waals surface area contributed by atoms with Crippen LogP contribution in [0.1, 0.15) is 52.4 Å². The predicted octanol–water partition coefficient (Wildman–Crippen LogP) is 4.17. The highest BCUT2D eigenvalue weighted by Gasteiger charge is 2.50. The van der Waals surface area contributed by atoms with Gasteiger partial charge in [0.2, 0.25) is 5.95 Å². The number of aromatic nitrogens is 4. The van der Waals surface area contributed by atoms with Crippen LogP contribution in [0.3, 0.4) is 0 Å². The Morgan fingerprint density at radius 2 is 1.77 bits per heavy atom. The normalized spacial score (nSPS) is 28.7. The third-order valence-corrected chi connectivity index (χ3v) is 11.7. The molecule has 0 radical (unpaired) electrons. The van der Waals surface area contributed by atoms with Gasteiger partial charge in [0.15, 0.2) is 5.82 Å². The summed E-state index contributed by atoms with van der Waals surface area (Å²) in [6.45, 7) is 11.0. The van der Waals surface area contributed by atoms with E-state index in [1.807, 2.05) is 43.6 Å². The number of phenolic OH excluding ortho intramolecular Hbond substituents is 1. The second kappa shape index (κ2) is 12.7. The summed E-state index contributed by atoms with van der Waals surface area (Å²) in [7, 11) is 0. The van der Waals surface area contributed by atoms with Gasteiger partial charge >= 0.3 is 5.97 Å². The summed E-state index contributed by atoms with van der Waals surface area (Å²) in [4.78, 5) is 31.7. The minimum absolute atomic E-state index is 0.0110. The SMILES string of the molecule is CCOC(=O)C1CCC2(CC1)CC(N1CCN(c3cnc(N4CCN5c6cc(-c7ccccc7O)nnc6NC[C@H]5C4)nc3)C[C@H]1C)C2. The Morgan fingerprint density at radius 1 is 1.00 bits per heavy atom. The highest BCUT2D eigenvalue weighted by atomic mass is 16.5. The molecule has 2 aliphatic carbocycles. The van der Waals surface area contributed by atoms with Crippen LogP contribution >= 0.6 is 0 Å². The van der Waals surface area contributed by atoms with E-state index >= 15 is 0 Å². The number of piperazine rings is 2. The predicted molar refractivity (Wildman–Crippen MR) is 185 cm³/mol. The van der Waals surface area contributed by atoms with Gasteiger partial charge in [0.05, 0.1) is 48.0 Å². The first kappa shape index (κ1) is 31.1. The third kappa shape index (κ3) is 5.77. The summed E-state index contributed by atoms with van der Waals surface area (Å²) in [5.41, 5.74) is 3.90. The number of carbonyl (C=O) groups is 1. The van der Waals surface area contributed by atoms with Crippen LogP contribution in [0.5, 0.6) is 5.75 Å². The zero-order chi connectivity index (χ0) is 32.8. The maximum Gasteiger partial charge on any atom is 0.308 e. The number of nitrogens with one attached hydrogen (secondary N) is 1. The second-order valence-electron chi connectivity index (χ2n) is 14.5. The molecule has 254 valence electrons. The topological polar surface area (TPSA) is 123 Å². The number of nitrogens with zero attached hydrogens (tertiary/aromatic N) is 8. The summed E-state index contributed by atoms with van der Waals surface area (Å²) in [5.74, 6) is 1.88. The highest BCUT2D eigenvalue weighted by molar-refractivity contribution is 5.77. The summed E-state index contributed by atoms with van der Waals surface area (Å²) >= 11 is 0. The Morgan fingerprint density at radius 3 is 2.52 bits per heavy atom. The van der Waals surface area contributed by atoms with E-state index in [-0.39, 0.29) is 23.7 Å². The minimum Gasteiger partial charge on any atom is -0.507 e. The molecule has 5 aliphatic rings. The number of para-hydroxylation sites is 1. The number of anilines is 4. The molecule has 4 fully saturated rings. The fraction of sp³-hybridized carbons (Fsp3) is 0.583. The lowest BCUT2D eigenvalue weighted by Gasteiger charge is -2.57. The molecule has 12 heteroatoms. The minimum atomic E-state index is 0.0110.